The summed E-state index contributed by atoms with van der Waals surface area (Å²) in [6.07, 6.45) is 0.591. The standard InChI is InChI=1S/C20H21ClN2O2/c1-3-23(15-7-5-4-6-8-15)20(25)17-12-16(17)19(24)22-18-11-14(21)10-9-13(18)2/h4-11,16-17H,3,12H2,1-2H3,(H,22,24). The minimum absolute atomic E-state index is 0.0108. The summed E-state index contributed by atoms with van der Waals surface area (Å²) in [6, 6.07) is 14.9. The molecule has 1 aliphatic rings. The van der Waals surface area contributed by atoms with Crippen LogP contribution in [-0.2, 0) is 9.59 Å². The Kier molecular flexibility index (Phi) is 5.09. The number of hydrogen-bond acceptors (Lipinski definition) is 2. The van der Waals surface area contributed by atoms with E-state index in [0.717, 1.165) is 11.3 Å². The largest absolute Gasteiger partial charge is 0.326 e. The molecule has 25 heavy (non-hydrogen) atoms. The molecular weight excluding hydrogens is 336 g/mol. The average molecular weight is 357 g/mol. The Hall–Kier alpha value is -2.33. The quantitative estimate of drug-likeness (QED) is 0.869. The van der Waals surface area contributed by atoms with Crippen LogP contribution in [0.5, 0.6) is 0 Å². The fraction of sp³-hybridized carbons (Fsp3) is 0.300. The molecule has 0 heterocycles. The number of benzene rings is 2. The molecule has 3 rings (SSSR count). The van der Waals surface area contributed by atoms with Gasteiger partial charge in [-0.1, -0.05) is 35.9 Å². The van der Waals surface area contributed by atoms with Gasteiger partial charge in [-0.05, 0) is 50.1 Å². The van der Waals surface area contributed by atoms with Gasteiger partial charge >= 0.3 is 0 Å². The van der Waals surface area contributed by atoms with Crippen molar-refractivity contribution in [1.29, 1.82) is 0 Å². The van der Waals surface area contributed by atoms with Crippen LogP contribution in [0.4, 0.5) is 11.4 Å². The number of amides is 2. The fourth-order valence-electron chi connectivity index (χ4n) is 2.99. The lowest BCUT2D eigenvalue weighted by molar-refractivity contribution is -0.123. The number of anilines is 2. The molecule has 1 fully saturated rings. The smallest absolute Gasteiger partial charge is 0.230 e. The highest BCUT2D eigenvalue weighted by atomic mass is 35.5. The van der Waals surface area contributed by atoms with Crippen LogP contribution in [0.25, 0.3) is 0 Å². The molecule has 1 aliphatic carbocycles. The van der Waals surface area contributed by atoms with Crippen molar-refractivity contribution >= 4 is 34.8 Å². The monoisotopic (exact) mass is 356 g/mol. The fourth-order valence-corrected chi connectivity index (χ4v) is 3.16. The molecule has 1 N–H and O–H groups in total. The maximum absolute atomic E-state index is 12.8. The van der Waals surface area contributed by atoms with E-state index in [1.807, 2.05) is 50.2 Å². The molecule has 2 atom stereocenters. The van der Waals surface area contributed by atoms with Crippen molar-refractivity contribution in [3.05, 3.63) is 59.1 Å². The van der Waals surface area contributed by atoms with Crippen molar-refractivity contribution in [2.75, 3.05) is 16.8 Å². The molecule has 0 aromatic heterocycles. The van der Waals surface area contributed by atoms with Crippen LogP contribution < -0.4 is 10.2 Å². The van der Waals surface area contributed by atoms with E-state index < -0.39 is 0 Å². The van der Waals surface area contributed by atoms with E-state index in [4.69, 9.17) is 11.6 Å². The molecule has 0 radical (unpaired) electrons. The summed E-state index contributed by atoms with van der Waals surface area (Å²) < 4.78 is 0. The van der Waals surface area contributed by atoms with Gasteiger partial charge in [0.2, 0.25) is 11.8 Å². The molecule has 0 spiro atoms. The maximum Gasteiger partial charge on any atom is 0.230 e. The Labute approximate surface area is 152 Å². The lowest BCUT2D eigenvalue weighted by Gasteiger charge is -2.21. The Morgan fingerprint density at radius 1 is 1.16 bits per heavy atom. The predicted octanol–water partition coefficient (Wildman–Crippen LogP) is 4.28. The minimum Gasteiger partial charge on any atom is -0.326 e. The van der Waals surface area contributed by atoms with Crippen molar-refractivity contribution in [1.82, 2.24) is 0 Å². The summed E-state index contributed by atoms with van der Waals surface area (Å²) in [7, 11) is 0. The molecule has 0 aliphatic heterocycles. The SMILES string of the molecule is CCN(C(=O)C1CC1C(=O)Nc1cc(Cl)ccc1C)c1ccccc1. The molecular formula is C20H21ClN2O2. The number of rotatable bonds is 5. The van der Waals surface area contributed by atoms with Crippen molar-refractivity contribution in [3.63, 3.8) is 0 Å². The number of carbonyl (C=O) groups excluding carboxylic acids is 2. The van der Waals surface area contributed by atoms with E-state index in [1.165, 1.54) is 0 Å². The van der Waals surface area contributed by atoms with Gasteiger partial charge in [-0.25, -0.2) is 0 Å². The van der Waals surface area contributed by atoms with E-state index >= 15 is 0 Å². The normalized spacial score (nSPS) is 18.5. The zero-order chi connectivity index (χ0) is 18.0. The second-order valence-corrected chi connectivity index (χ2v) is 6.75. The molecule has 5 heteroatoms. The van der Waals surface area contributed by atoms with Gasteiger partial charge in [0, 0.05) is 22.9 Å². The second-order valence-electron chi connectivity index (χ2n) is 6.32. The van der Waals surface area contributed by atoms with Crippen molar-refractivity contribution in [3.8, 4) is 0 Å². The highest BCUT2D eigenvalue weighted by Crippen LogP contribution is 2.41. The average Bonchev–Trinajstić information content (AvgIpc) is 3.40. The highest BCUT2D eigenvalue weighted by Gasteiger charge is 2.49. The number of nitrogens with zero attached hydrogens (tertiary/aromatic N) is 1. The molecule has 2 aromatic carbocycles. The van der Waals surface area contributed by atoms with Crippen molar-refractivity contribution in [2.45, 2.75) is 20.3 Å². The van der Waals surface area contributed by atoms with Gasteiger partial charge in [0.1, 0.15) is 0 Å². The van der Waals surface area contributed by atoms with E-state index in [9.17, 15) is 9.59 Å². The van der Waals surface area contributed by atoms with Gasteiger partial charge in [0.15, 0.2) is 0 Å². The summed E-state index contributed by atoms with van der Waals surface area (Å²) in [5.74, 6) is -0.632. The van der Waals surface area contributed by atoms with Crippen LogP contribution in [0.2, 0.25) is 5.02 Å². The zero-order valence-electron chi connectivity index (χ0n) is 14.3. The molecule has 4 nitrogen and oxygen atoms in total. The summed E-state index contributed by atoms with van der Waals surface area (Å²) >= 11 is 5.99. The number of para-hydroxylation sites is 1. The third-order valence-corrected chi connectivity index (χ3v) is 4.79. The van der Waals surface area contributed by atoms with Gasteiger partial charge in [0.25, 0.3) is 0 Å². The van der Waals surface area contributed by atoms with Crippen LogP contribution in [-0.4, -0.2) is 18.4 Å². The maximum atomic E-state index is 12.8. The lowest BCUT2D eigenvalue weighted by Crippen LogP contribution is -2.33. The van der Waals surface area contributed by atoms with E-state index in [-0.39, 0.29) is 23.7 Å². The van der Waals surface area contributed by atoms with Crippen molar-refractivity contribution < 1.29 is 9.59 Å². The summed E-state index contributed by atoms with van der Waals surface area (Å²) in [5, 5.41) is 3.48. The summed E-state index contributed by atoms with van der Waals surface area (Å²) in [6.45, 7) is 4.44. The van der Waals surface area contributed by atoms with Crippen LogP contribution >= 0.6 is 11.6 Å². The van der Waals surface area contributed by atoms with E-state index in [2.05, 4.69) is 5.32 Å². The van der Waals surface area contributed by atoms with Gasteiger partial charge in [-0.15, -0.1) is 0 Å². The van der Waals surface area contributed by atoms with Crippen LogP contribution in [0.3, 0.4) is 0 Å². The molecule has 2 aromatic rings. The first-order valence-electron chi connectivity index (χ1n) is 8.44. The molecule has 2 unspecified atom stereocenters. The number of nitrogens with one attached hydrogen (secondary N) is 1. The zero-order valence-corrected chi connectivity index (χ0v) is 15.1. The van der Waals surface area contributed by atoms with Gasteiger partial charge in [-0.3, -0.25) is 9.59 Å². The third-order valence-electron chi connectivity index (χ3n) is 4.55. The topological polar surface area (TPSA) is 49.4 Å². The first-order chi connectivity index (χ1) is 12.0. The first-order valence-corrected chi connectivity index (χ1v) is 8.82. The molecule has 1 saturated carbocycles. The van der Waals surface area contributed by atoms with E-state index in [1.54, 1.807) is 17.0 Å². The molecule has 0 bridgehead atoms. The Morgan fingerprint density at radius 3 is 2.56 bits per heavy atom. The van der Waals surface area contributed by atoms with Gasteiger partial charge in [-0.2, -0.15) is 0 Å². The van der Waals surface area contributed by atoms with Crippen LogP contribution in [0, 0.1) is 18.8 Å². The Balaban J connectivity index is 1.66. The third kappa shape index (κ3) is 3.85. The van der Waals surface area contributed by atoms with Crippen LogP contribution in [0.1, 0.15) is 18.9 Å². The number of halogens is 1. The Bertz CT molecular complexity index is 792. The first kappa shape index (κ1) is 17.5. The summed E-state index contributed by atoms with van der Waals surface area (Å²) in [5.41, 5.74) is 2.51. The van der Waals surface area contributed by atoms with Gasteiger partial charge in [0.05, 0.1) is 11.8 Å². The lowest BCUT2D eigenvalue weighted by atomic mass is 10.2. The molecule has 0 saturated heterocycles. The predicted molar refractivity (Wildman–Crippen MR) is 101 cm³/mol. The highest BCUT2D eigenvalue weighted by molar-refractivity contribution is 6.31. The van der Waals surface area contributed by atoms with Crippen molar-refractivity contribution in [2.24, 2.45) is 11.8 Å². The summed E-state index contributed by atoms with van der Waals surface area (Å²) in [4.78, 5) is 27.0. The number of carbonyl (C=O) groups is 2. The Morgan fingerprint density at radius 2 is 1.88 bits per heavy atom. The molecule has 2 amide bonds. The molecule has 130 valence electrons. The second kappa shape index (κ2) is 7.28. The van der Waals surface area contributed by atoms with Crippen LogP contribution in [0.15, 0.2) is 48.5 Å². The van der Waals surface area contributed by atoms with E-state index in [0.29, 0.717) is 23.7 Å². The number of aryl methyl sites for hydroxylation is 1. The minimum atomic E-state index is -0.274. The number of hydrogen-bond donors (Lipinski definition) is 1. The van der Waals surface area contributed by atoms with Gasteiger partial charge < -0.3 is 10.2 Å².